The Labute approximate surface area is 144 Å². The molecule has 0 aliphatic rings. The lowest BCUT2D eigenvalue weighted by Crippen LogP contribution is -1.90. The van der Waals surface area contributed by atoms with Gasteiger partial charge in [0.2, 0.25) is 5.13 Å². The molecular weight excluding hydrogens is 382 g/mol. The number of aryl methyl sites for hydroxylation is 1. The van der Waals surface area contributed by atoms with Gasteiger partial charge in [-0.15, -0.1) is 22.7 Å². The third-order valence-corrected chi connectivity index (χ3v) is 5.28. The fraction of sp³-hybridized carbons (Fsp3) is 0.0667. The lowest BCUT2D eigenvalue weighted by atomic mass is 10.2. The van der Waals surface area contributed by atoms with Gasteiger partial charge in [0.25, 0.3) is 0 Å². The maximum absolute atomic E-state index is 9.46. The number of anilines is 1. The van der Waals surface area contributed by atoms with E-state index >= 15 is 0 Å². The fourth-order valence-corrected chi connectivity index (χ4v) is 3.86. The molecule has 0 amide bonds. The average molecular weight is 394 g/mol. The van der Waals surface area contributed by atoms with Gasteiger partial charge in [-0.2, -0.15) is 5.10 Å². The first-order valence-corrected chi connectivity index (χ1v) is 8.91. The van der Waals surface area contributed by atoms with Crippen LogP contribution in [0.5, 0.6) is 5.75 Å². The van der Waals surface area contributed by atoms with E-state index in [0.717, 1.165) is 26.1 Å². The molecule has 112 valence electrons. The number of halogens is 1. The van der Waals surface area contributed by atoms with Crippen LogP contribution in [0, 0.1) is 6.92 Å². The highest BCUT2D eigenvalue weighted by molar-refractivity contribution is 9.10. The summed E-state index contributed by atoms with van der Waals surface area (Å²) in [6.07, 6.45) is 1.69. The summed E-state index contributed by atoms with van der Waals surface area (Å²) in [6, 6.07) is 9.29. The van der Waals surface area contributed by atoms with E-state index in [4.69, 9.17) is 0 Å². The smallest absolute Gasteiger partial charge is 0.204 e. The Kier molecular flexibility index (Phi) is 4.56. The molecular formula is C15H12BrN3OS2. The van der Waals surface area contributed by atoms with E-state index in [1.807, 2.05) is 11.4 Å². The van der Waals surface area contributed by atoms with Crippen LogP contribution in [0.1, 0.15) is 10.4 Å². The van der Waals surface area contributed by atoms with Gasteiger partial charge in [-0.1, -0.05) is 6.07 Å². The van der Waals surface area contributed by atoms with Crippen molar-refractivity contribution in [3.63, 3.8) is 0 Å². The summed E-state index contributed by atoms with van der Waals surface area (Å²) in [5, 5.41) is 16.5. The van der Waals surface area contributed by atoms with Crippen LogP contribution in [-0.2, 0) is 0 Å². The highest BCUT2D eigenvalue weighted by Crippen LogP contribution is 2.32. The van der Waals surface area contributed by atoms with Crippen molar-refractivity contribution in [1.29, 1.82) is 0 Å². The Morgan fingerprint density at radius 1 is 1.36 bits per heavy atom. The number of thiazole rings is 1. The second-order valence-corrected chi connectivity index (χ2v) is 7.49. The highest BCUT2D eigenvalue weighted by Gasteiger charge is 2.09. The van der Waals surface area contributed by atoms with Gasteiger partial charge in [0, 0.05) is 4.88 Å². The molecule has 22 heavy (non-hydrogen) atoms. The minimum absolute atomic E-state index is 0.209. The third-order valence-electron chi connectivity index (χ3n) is 2.90. The third kappa shape index (κ3) is 3.37. The molecule has 0 aliphatic heterocycles. The number of nitrogens with zero attached hydrogens (tertiary/aromatic N) is 2. The van der Waals surface area contributed by atoms with Crippen LogP contribution >= 0.6 is 38.6 Å². The zero-order valence-corrected chi connectivity index (χ0v) is 14.8. The molecule has 3 aromatic rings. The number of nitrogens with one attached hydrogen (secondary N) is 1. The van der Waals surface area contributed by atoms with Crippen LogP contribution in [-0.4, -0.2) is 16.3 Å². The van der Waals surface area contributed by atoms with Gasteiger partial charge >= 0.3 is 0 Å². The molecule has 1 aromatic carbocycles. The first kappa shape index (κ1) is 15.2. The number of hydrogen-bond acceptors (Lipinski definition) is 6. The fourth-order valence-electron chi connectivity index (χ4n) is 1.85. The second-order valence-electron chi connectivity index (χ2n) is 4.48. The molecule has 0 bridgehead atoms. The first-order valence-electron chi connectivity index (χ1n) is 6.42. The maximum atomic E-state index is 9.46. The zero-order valence-electron chi connectivity index (χ0n) is 11.6. The van der Waals surface area contributed by atoms with Crippen LogP contribution in [0.2, 0.25) is 0 Å². The van der Waals surface area contributed by atoms with Crippen LogP contribution in [0.4, 0.5) is 5.13 Å². The van der Waals surface area contributed by atoms with Crippen molar-refractivity contribution in [2.24, 2.45) is 5.10 Å². The monoisotopic (exact) mass is 393 g/mol. The molecule has 4 nitrogen and oxygen atoms in total. The molecule has 0 unspecified atom stereocenters. The predicted octanol–water partition coefficient (Wildman–Crippen LogP) is 5.09. The molecule has 0 saturated heterocycles. The number of rotatable bonds is 4. The Hall–Kier alpha value is -1.70. The number of phenolic OH excluding ortho intramolecular Hbond substituents is 1. The van der Waals surface area contributed by atoms with Crippen molar-refractivity contribution >= 4 is 49.9 Å². The summed E-state index contributed by atoms with van der Waals surface area (Å²) in [5.41, 5.74) is 4.84. The van der Waals surface area contributed by atoms with Crippen molar-refractivity contribution in [2.45, 2.75) is 6.92 Å². The highest BCUT2D eigenvalue weighted by atomic mass is 79.9. The van der Waals surface area contributed by atoms with Crippen molar-refractivity contribution in [3.05, 3.63) is 50.6 Å². The quantitative estimate of drug-likeness (QED) is 0.479. The van der Waals surface area contributed by atoms with Gasteiger partial charge in [-0.25, -0.2) is 4.98 Å². The van der Waals surface area contributed by atoms with E-state index < -0.39 is 0 Å². The number of phenols is 1. The molecule has 0 saturated carbocycles. The van der Waals surface area contributed by atoms with E-state index in [2.05, 4.69) is 44.4 Å². The molecule has 0 atom stereocenters. The van der Waals surface area contributed by atoms with Gasteiger partial charge in [0.15, 0.2) is 0 Å². The second kappa shape index (κ2) is 6.60. The lowest BCUT2D eigenvalue weighted by molar-refractivity contribution is 0.472. The molecule has 0 aliphatic carbocycles. The minimum Gasteiger partial charge on any atom is -0.507 e. The number of benzene rings is 1. The largest absolute Gasteiger partial charge is 0.507 e. The van der Waals surface area contributed by atoms with Gasteiger partial charge in [-0.05, 0) is 58.1 Å². The van der Waals surface area contributed by atoms with Crippen molar-refractivity contribution in [1.82, 2.24) is 4.98 Å². The SMILES string of the molecule is Cc1sc(N/N=C\c2ccc(O)c(Br)c2)nc1-c1cccs1. The normalized spacial score (nSPS) is 11.2. The van der Waals surface area contributed by atoms with Crippen LogP contribution in [0.15, 0.2) is 45.3 Å². The summed E-state index contributed by atoms with van der Waals surface area (Å²) < 4.78 is 0.640. The molecule has 0 spiro atoms. The minimum atomic E-state index is 0.209. The van der Waals surface area contributed by atoms with Gasteiger partial charge < -0.3 is 5.11 Å². The number of hydrazone groups is 1. The lowest BCUT2D eigenvalue weighted by Gasteiger charge is -1.98. The topological polar surface area (TPSA) is 57.5 Å². The molecule has 2 heterocycles. The van der Waals surface area contributed by atoms with Crippen LogP contribution in [0.25, 0.3) is 10.6 Å². The number of thiophene rings is 1. The van der Waals surface area contributed by atoms with Crippen molar-refractivity contribution < 1.29 is 5.11 Å². The van der Waals surface area contributed by atoms with Crippen LogP contribution in [0.3, 0.4) is 0 Å². The zero-order chi connectivity index (χ0) is 15.5. The number of hydrogen-bond donors (Lipinski definition) is 2. The van der Waals surface area contributed by atoms with E-state index in [-0.39, 0.29) is 5.75 Å². The first-order chi connectivity index (χ1) is 10.6. The van der Waals surface area contributed by atoms with E-state index in [1.165, 1.54) is 0 Å². The van der Waals surface area contributed by atoms with Gasteiger partial charge in [0.1, 0.15) is 5.75 Å². The predicted molar refractivity (Wildman–Crippen MR) is 97.2 cm³/mol. The van der Waals surface area contributed by atoms with Gasteiger partial charge in [-0.3, -0.25) is 5.43 Å². The Bertz CT molecular complexity index is 812. The van der Waals surface area contributed by atoms with Crippen LogP contribution < -0.4 is 5.43 Å². The molecule has 2 N–H and O–H groups in total. The molecule has 2 aromatic heterocycles. The summed E-state index contributed by atoms with van der Waals surface area (Å²) in [4.78, 5) is 6.89. The summed E-state index contributed by atoms with van der Waals surface area (Å²) in [6.45, 7) is 2.05. The molecule has 7 heteroatoms. The van der Waals surface area contributed by atoms with E-state index in [1.54, 1.807) is 47.1 Å². The standard InChI is InChI=1S/C15H12BrN3OS2/c1-9-14(13-3-2-6-21-13)18-15(22-9)19-17-8-10-4-5-12(20)11(16)7-10/h2-8,20H,1H3,(H,18,19)/b17-8-. The summed E-state index contributed by atoms with van der Waals surface area (Å²) >= 11 is 6.53. The van der Waals surface area contributed by atoms with Gasteiger partial charge in [0.05, 0.1) is 21.3 Å². The summed E-state index contributed by atoms with van der Waals surface area (Å²) in [7, 11) is 0. The number of aromatic nitrogens is 1. The number of aromatic hydroxyl groups is 1. The Balaban J connectivity index is 1.72. The van der Waals surface area contributed by atoms with Crippen molar-refractivity contribution in [2.75, 3.05) is 5.43 Å². The average Bonchev–Trinajstić information content (AvgIpc) is 3.12. The molecule has 0 fully saturated rings. The Morgan fingerprint density at radius 2 is 2.23 bits per heavy atom. The van der Waals surface area contributed by atoms with E-state index in [0.29, 0.717) is 4.47 Å². The van der Waals surface area contributed by atoms with Crippen molar-refractivity contribution in [3.8, 4) is 16.3 Å². The molecule has 3 rings (SSSR count). The maximum Gasteiger partial charge on any atom is 0.204 e. The summed E-state index contributed by atoms with van der Waals surface area (Å²) in [5.74, 6) is 0.209. The van der Waals surface area contributed by atoms with E-state index in [9.17, 15) is 5.11 Å². The Morgan fingerprint density at radius 3 is 2.95 bits per heavy atom. The molecule has 0 radical (unpaired) electrons.